The van der Waals surface area contributed by atoms with Crippen LogP contribution in [0.5, 0.6) is 0 Å². The Balaban J connectivity index is 2.82. The van der Waals surface area contributed by atoms with E-state index in [9.17, 15) is 4.79 Å². The zero-order valence-electron chi connectivity index (χ0n) is 7.61. The van der Waals surface area contributed by atoms with E-state index in [1.54, 1.807) is 12.1 Å². The van der Waals surface area contributed by atoms with Gasteiger partial charge in [-0.25, -0.2) is 4.79 Å². The number of fused-ring (bicyclic) bond motifs is 1. The Hall–Kier alpha value is -1.91. The summed E-state index contributed by atoms with van der Waals surface area (Å²) < 4.78 is 0. The summed E-state index contributed by atoms with van der Waals surface area (Å²) in [4.78, 5) is 11.0. The minimum atomic E-state index is -0.957. The number of rotatable bonds is 2. The number of H-pyrrole nitrogens is 1. The number of aryl methyl sites for hydroxylation is 1. The number of benzene rings is 1. The summed E-state index contributed by atoms with van der Waals surface area (Å²) in [7, 11) is 0. The van der Waals surface area contributed by atoms with Crippen LogP contribution in [0.3, 0.4) is 0 Å². The number of nitrogens with zero attached hydrogens (tertiary/aromatic N) is 2. The van der Waals surface area contributed by atoms with Gasteiger partial charge in [0.05, 0.1) is 5.56 Å². The van der Waals surface area contributed by atoms with Gasteiger partial charge < -0.3 is 5.11 Å². The van der Waals surface area contributed by atoms with Crippen molar-refractivity contribution >= 4 is 17.0 Å². The number of aromatic amines is 1. The molecule has 0 aliphatic carbocycles. The molecule has 0 radical (unpaired) electrons. The highest BCUT2D eigenvalue weighted by molar-refractivity contribution is 6.02. The molecule has 0 spiro atoms. The quantitative estimate of drug-likeness (QED) is 0.747. The van der Waals surface area contributed by atoms with Crippen molar-refractivity contribution < 1.29 is 9.90 Å². The van der Waals surface area contributed by atoms with E-state index in [0.29, 0.717) is 17.5 Å². The lowest BCUT2D eigenvalue weighted by molar-refractivity contribution is 0.0697. The first-order chi connectivity index (χ1) is 6.74. The molecule has 0 saturated carbocycles. The maximum atomic E-state index is 11.0. The number of carboxylic acid groups (broad SMARTS) is 1. The Morgan fingerprint density at radius 1 is 1.50 bits per heavy atom. The molecule has 14 heavy (non-hydrogen) atoms. The molecule has 0 unspecified atom stereocenters. The predicted octanol–water partition coefficient (Wildman–Crippen LogP) is 1.22. The van der Waals surface area contributed by atoms with E-state index in [1.165, 1.54) is 0 Å². The van der Waals surface area contributed by atoms with Crippen LogP contribution in [0.2, 0.25) is 0 Å². The van der Waals surface area contributed by atoms with Gasteiger partial charge in [0, 0.05) is 0 Å². The highest BCUT2D eigenvalue weighted by atomic mass is 16.4. The molecule has 5 nitrogen and oxygen atoms in total. The molecule has 1 heterocycles. The van der Waals surface area contributed by atoms with Gasteiger partial charge in [0.1, 0.15) is 11.0 Å². The summed E-state index contributed by atoms with van der Waals surface area (Å²) in [6, 6.07) is 3.54. The largest absolute Gasteiger partial charge is 0.478 e. The van der Waals surface area contributed by atoms with E-state index >= 15 is 0 Å². The van der Waals surface area contributed by atoms with Crippen molar-refractivity contribution in [3.05, 3.63) is 23.3 Å². The van der Waals surface area contributed by atoms with Crippen LogP contribution in [-0.2, 0) is 6.42 Å². The zero-order chi connectivity index (χ0) is 10.1. The molecule has 2 rings (SSSR count). The standard InChI is InChI=1S/C9H9N3O2/c1-2-5-3-4-6-8(11-12-10-6)7(5)9(13)14/h3-4H,2H2,1H3,(H,13,14)(H,10,11,12). The number of aromatic carboxylic acids is 1. The van der Waals surface area contributed by atoms with Gasteiger partial charge in [-0.3, -0.25) is 0 Å². The third kappa shape index (κ3) is 1.14. The van der Waals surface area contributed by atoms with Crippen molar-refractivity contribution in [2.24, 2.45) is 0 Å². The normalized spacial score (nSPS) is 10.6. The van der Waals surface area contributed by atoms with Crippen LogP contribution < -0.4 is 0 Å². The van der Waals surface area contributed by atoms with Gasteiger partial charge in [-0.1, -0.05) is 13.0 Å². The second kappa shape index (κ2) is 3.10. The third-order valence-corrected chi connectivity index (χ3v) is 2.17. The van der Waals surface area contributed by atoms with E-state index in [1.807, 2.05) is 6.92 Å². The van der Waals surface area contributed by atoms with E-state index in [0.717, 1.165) is 5.56 Å². The van der Waals surface area contributed by atoms with Crippen LogP contribution in [0.4, 0.5) is 0 Å². The summed E-state index contributed by atoms with van der Waals surface area (Å²) >= 11 is 0. The fourth-order valence-corrected chi connectivity index (χ4v) is 1.49. The lowest BCUT2D eigenvalue weighted by Crippen LogP contribution is -2.02. The second-order valence-corrected chi connectivity index (χ2v) is 2.95. The number of hydrogen-bond acceptors (Lipinski definition) is 3. The number of hydrogen-bond donors (Lipinski definition) is 2. The Morgan fingerprint density at radius 2 is 2.29 bits per heavy atom. The molecule has 0 bridgehead atoms. The minimum Gasteiger partial charge on any atom is -0.478 e. The number of carbonyl (C=O) groups is 1. The molecule has 0 atom stereocenters. The average Bonchev–Trinajstić information content (AvgIpc) is 2.62. The van der Waals surface area contributed by atoms with Crippen molar-refractivity contribution in [3.8, 4) is 0 Å². The molecule has 1 aromatic carbocycles. The zero-order valence-corrected chi connectivity index (χ0v) is 7.61. The van der Waals surface area contributed by atoms with Gasteiger partial charge in [0.2, 0.25) is 0 Å². The molecule has 5 heteroatoms. The van der Waals surface area contributed by atoms with Crippen LogP contribution in [0.15, 0.2) is 12.1 Å². The van der Waals surface area contributed by atoms with E-state index in [-0.39, 0.29) is 5.56 Å². The summed E-state index contributed by atoms with van der Waals surface area (Å²) in [5, 5.41) is 19.1. The third-order valence-electron chi connectivity index (χ3n) is 2.17. The molecular weight excluding hydrogens is 182 g/mol. The first-order valence-corrected chi connectivity index (χ1v) is 4.29. The summed E-state index contributed by atoms with van der Waals surface area (Å²) in [6.07, 6.45) is 0.671. The first kappa shape index (κ1) is 8.68. The monoisotopic (exact) mass is 191 g/mol. The van der Waals surface area contributed by atoms with Crippen molar-refractivity contribution in [2.75, 3.05) is 0 Å². The van der Waals surface area contributed by atoms with Gasteiger partial charge >= 0.3 is 5.97 Å². The van der Waals surface area contributed by atoms with Gasteiger partial charge in [-0.05, 0) is 18.1 Å². The van der Waals surface area contributed by atoms with E-state index in [2.05, 4.69) is 15.4 Å². The van der Waals surface area contributed by atoms with Gasteiger partial charge in [-0.2, -0.15) is 15.4 Å². The maximum Gasteiger partial charge on any atom is 0.338 e. The van der Waals surface area contributed by atoms with Crippen LogP contribution in [0, 0.1) is 0 Å². The summed E-state index contributed by atoms with van der Waals surface area (Å²) in [6.45, 7) is 1.91. The van der Waals surface area contributed by atoms with Crippen LogP contribution in [0.1, 0.15) is 22.8 Å². The number of aromatic nitrogens is 3. The second-order valence-electron chi connectivity index (χ2n) is 2.95. The number of carboxylic acids is 1. The maximum absolute atomic E-state index is 11.0. The Kier molecular flexibility index (Phi) is 1.92. The molecule has 72 valence electrons. The molecular formula is C9H9N3O2. The SMILES string of the molecule is CCc1ccc2n[nH]nc2c1C(=O)O. The molecule has 1 aromatic heterocycles. The van der Waals surface area contributed by atoms with Crippen molar-refractivity contribution in [3.63, 3.8) is 0 Å². The topological polar surface area (TPSA) is 78.9 Å². The van der Waals surface area contributed by atoms with Crippen molar-refractivity contribution in [1.82, 2.24) is 15.4 Å². The summed E-state index contributed by atoms with van der Waals surface area (Å²) in [5.41, 5.74) is 2.04. The van der Waals surface area contributed by atoms with Crippen molar-refractivity contribution in [2.45, 2.75) is 13.3 Å². The predicted molar refractivity (Wildman–Crippen MR) is 50.2 cm³/mol. The minimum absolute atomic E-state index is 0.249. The lowest BCUT2D eigenvalue weighted by Gasteiger charge is -2.02. The van der Waals surface area contributed by atoms with Gasteiger partial charge in [-0.15, -0.1) is 0 Å². The van der Waals surface area contributed by atoms with Crippen LogP contribution >= 0.6 is 0 Å². The van der Waals surface area contributed by atoms with E-state index in [4.69, 9.17) is 5.11 Å². The molecule has 0 fully saturated rings. The Labute approximate surface area is 79.7 Å². The molecule has 2 N–H and O–H groups in total. The summed E-state index contributed by atoms with van der Waals surface area (Å²) in [5.74, 6) is -0.957. The fraction of sp³-hybridized carbons (Fsp3) is 0.222. The molecule has 0 saturated heterocycles. The first-order valence-electron chi connectivity index (χ1n) is 4.29. The fourth-order valence-electron chi connectivity index (χ4n) is 1.49. The number of nitrogens with one attached hydrogen (secondary N) is 1. The smallest absolute Gasteiger partial charge is 0.338 e. The molecule has 2 aromatic rings. The Morgan fingerprint density at radius 3 is 2.93 bits per heavy atom. The van der Waals surface area contributed by atoms with Crippen LogP contribution in [-0.4, -0.2) is 26.5 Å². The van der Waals surface area contributed by atoms with Gasteiger partial charge in [0.15, 0.2) is 0 Å². The molecule has 0 amide bonds. The van der Waals surface area contributed by atoms with E-state index < -0.39 is 5.97 Å². The molecule has 0 aliphatic heterocycles. The average molecular weight is 191 g/mol. The lowest BCUT2D eigenvalue weighted by atomic mass is 10.0. The van der Waals surface area contributed by atoms with Crippen molar-refractivity contribution in [1.29, 1.82) is 0 Å². The highest BCUT2D eigenvalue weighted by Gasteiger charge is 2.15. The van der Waals surface area contributed by atoms with Crippen LogP contribution in [0.25, 0.3) is 11.0 Å². The van der Waals surface area contributed by atoms with Gasteiger partial charge in [0.25, 0.3) is 0 Å². The Bertz CT molecular complexity index is 490. The highest BCUT2D eigenvalue weighted by Crippen LogP contribution is 2.19. The molecule has 0 aliphatic rings.